The number of ether oxygens (including phenoxy) is 1. The van der Waals surface area contributed by atoms with E-state index in [4.69, 9.17) is 4.74 Å². The molecule has 0 aliphatic heterocycles. The summed E-state index contributed by atoms with van der Waals surface area (Å²) in [6, 6.07) is 17.1. The molecule has 1 N–H and O–H groups in total. The van der Waals surface area contributed by atoms with Crippen LogP contribution < -0.4 is 10.1 Å². The Morgan fingerprint density at radius 1 is 0.969 bits per heavy atom. The fourth-order valence-corrected chi connectivity index (χ4v) is 3.42. The Kier molecular flexibility index (Phi) is 9.30. The molecule has 32 heavy (non-hydrogen) atoms. The topological polar surface area (TPSA) is 58.6 Å². The summed E-state index contributed by atoms with van der Waals surface area (Å²) in [5.74, 6) is 0.309. The lowest BCUT2D eigenvalue weighted by Gasteiger charge is -2.31. The Bertz CT molecular complexity index is 857. The molecule has 0 heterocycles. The molecule has 0 radical (unpaired) electrons. The maximum Gasteiger partial charge on any atom is 0.261 e. The van der Waals surface area contributed by atoms with Crippen molar-refractivity contribution in [3.63, 3.8) is 0 Å². The number of hydrogen-bond donors (Lipinski definition) is 1. The summed E-state index contributed by atoms with van der Waals surface area (Å²) in [4.78, 5) is 27.8. The van der Waals surface area contributed by atoms with E-state index in [1.165, 1.54) is 5.56 Å². The van der Waals surface area contributed by atoms with Crippen molar-refractivity contribution in [1.29, 1.82) is 0 Å². The third-order valence-electron chi connectivity index (χ3n) is 5.67. The van der Waals surface area contributed by atoms with E-state index >= 15 is 0 Å². The van der Waals surface area contributed by atoms with Gasteiger partial charge in [0, 0.05) is 12.6 Å². The van der Waals surface area contributed by atoms with Gasteiger partial charge in [0.2, 0.25) is 5.91 Å². The zero-order chi connectivity index (χ0) is 23.7. The largest absolute Gasteiger partial charge is 0.484 e. The molecule has 0 aliphatic carbocycles. The second kappa shape index (κ2) is 11.7. The van der Waals surface area contributed by atoms with Crippen LogP contribution in [-0.2, 0) is 21.5 Å². The van der Waals surface area contributed by atoms with Crippen LogP contribution in [0.15, 0.2) is 54.6 Å². The molecule has 0 aromatic heterocycles. The summed E-state index contributed by atoms with van der Waals surface area (Å²) in [7, 11) is 0. The maximum absolute atomic E-state index is 13.2. The first-order valence-electron chi connectivity index (χ1n) is 11.5. The third-order valence-corrected chi connectivity index (χ3v) is 5.67. The lowest BCUT2D eigenvalue weighted by atomic mass is 9.87. The fraction of sp³-hybridized carbons (Fsp3) is 0.481. The molecule has 0 saturated heterocycles. The molecule has 174 valence electrons. The SMILES string of the molecule is CC[C@@H](C)NC(=O)[C@H](CC)N(Cc1ccccc1)C(=O)COc1ccc(C(C)(C)C)cc1. The second-order valence-electron chi connectivity index (χ2n) is 9.31. The van der Waals surface area contributed by atoms with Gasteiger partial charge in [-0.05, 0) is 48.4 Å². The summed E-state index contributed by atoms with van der Waals surface area (Å²) in [5, 5.41) is 3.02. The molecule has 2 aromatic carbocycles. The van der Waals surface area contributed by atoms with Gasteiger partial charge in [0.05, 0.1) is 0 Å². The van der Waals surface area contributed by atoms with Gasteiger partial charge in [-0.3, -0.25) is 9.59 Å². The molecular formula is C27H38N2O3. The third kappa shape index (κ3) is 7.40. The van der Waals surface area contributed by atoms with E-state index in [1.807, 2.05) is 75.4 Å². The lowest BCUT2D eigenvalue weighted by molar-refractivity contribution is -0.143. The number of carbonyl (C=O) groups excluding carboxylic acids is 2. The van der Waals surface area contributed by atoms with Crippen molar-refractivity contribution in [2.75, 3.05) is 6.61 Å². The van der Waals surface area contributed by atoms with Gasteiger partial charge in [-0.15, -0.1) is 0 Å². The van der Waals surface area contributed by atoms with Gasteiger partial charge in [0.15, 0.2) is 6.61 Å². The minimum absolute atomic E-state index is 0.0537. The first-order chi connectivity index (χ1) is 15.2. The average molecular weight is 439 g/mol. The van der Waals surface area contributed by atoms with Gasteiger partial charge in [-0.2, -0.15) is 0 Å². The van der Waals surface area contributed by atoms with Crippen molar-refractivity contribution in [1.82, 2.24) is 10.2 Å². The summed E-state index contributed by atoms with van der Waals surface area (Å²) >= 11 is 0. The molecule has 2 rings (SSSR count). The van der Waals surface area contributed by atoms with Gasteiger partial charge in [-0.1, -0.05) is 77.1 Å². The van der Waals surface area contributed by atoms with E-state index in [2.05, 4.69) is 26.1 Å². The zero-order valence-corrected chi connectivity index (χ0v) is 20.4. The molecule has 0 fully saturated rings. The van der Waals surface area contributed by atoms with Gasteiger partial charge in [0.1, 0.15) is 11.8 Å². The maximum atomic E-state index is 13.2. The Hall–Kier alpha value is -2.82. The van der Waals surface area contributed by atoms with Crippen LogP contribution in [0.3, 0.4) is 0 Å². The molecule has 2 atom stereocenters. The fourth-order valence-electron chi connectivity index (χ4n) is 3.42. The van der Waals surface area contributed by atoms with E-state index in [1.54, 1.807) is 4.90 Å². The number of carbonyl (C=O) groups is 2. The summed E-state index contributed by atoms with van der Waals surface area (Å²) in [5.41, 5.74) is 2.23. The van der Waals surface area contributed by atoms with Crippen molar-refractivity contribution in [2.45, 2.75) is 78.4 Å². The van der Waals surface area contributed by atoms with Crippen LogP contribution in [0.1, 0.15) is 65.5 Å². The van der Waals surface area contributed by atoms with Crippen LogP contribution in [0.2, 0.25) is 0 Å². The molecule has 5 nitrogen and oxygen atoms in total. The number of benzene rings is 2. The van der Waals surface area contributed by atoms with E-state index < -0.39 is 6.04 Å². The van der Waals surface area contributed by atoms with Crippen molar-refractivity contribution in [3.05, 3.63) is 65.7 Å². The van der Waals surface area contributed by atoms with E-state index in [-0.39, 0.29) is 29.9 Å². The van der Waals surface area contributed by atoms with Crippen LogP contribution in [0.5, 0.6) is 5.75 Å². The molecule has 0 spiro atoms. The smallest absolute Gasteiger partial charge is 0.261 e. The number of rotatable bonds is 10. The number of hydrogen-bond acceptors (Lipinski definition) is 3. The zero-order valence-electron chi connectivity index (χ0n) is 20.4. The highest BCUT2D eigenvalue weighted by atomic mass is 16.5. The highest BCUT2D eigenvalue weighted by Crippen LogP contribution is 2.24. The molecular weight excluding hydrogens is 400 g/mol. The van der Waals surface area contributed by atoms with Crippen LogP contribution in [-0.4, -0.2) is 35.4 Å². The summed E-state index contributed by atoms with van der Waals surface area (Å²) < 4.78 is 5.81. The van der Waals surface area contributed by atoms with Crippen molar-refractivity contribution in [3.8, 4) is 5.75 Å². The first-order valence-corrected chi connectivity index (χ1v) is 11.5. The molecule has 0 saturated carbocycles. The first kappa shape index (κ1) is 25.4. The van der Waals surface area contributed by atoms with Gasteiger partial charge in [-0.25, -0.2) is 0 Å². The van der Waals surface area contributed by atoms with Crippen molar-refractivity contribution in [2.24, 2.45) is 0 Å². The predicted molar refractivity (Wildman–Crippen MR) is 130 cm³/mol. The predicted octanol–water partition coefficient (Wildman–Crippen LogP) is 5.09. The Labute approximate surface area is 193 Å². The summed E-state index contributed by atoms with van der Waals surface area (Å²) in [6.45, 7) is 12.6. The Balaban J connectivity index is 2.16. The van der Waals surface area contributed by atoms with Crippen molar-refractivity contribution >= 4 is 11.8 Å². The quantitative estimate of drug-likeness (QED) is 0.562. The van der Waals surface area contributed by atoms with E-state index in [0.717, 1.165) is 12.0 Å². The molecule has 2 amide bonds. The van der Waals surface area contributed by atoms with Gasteiger partial charge >= 0.3 is 0 Å². The molecule has 0 bridgehead atoms. The minimum atomic E-state index is -0.552. The lowest BCUT2D eigenvalue weighted by Crippen LogP contribution is -2.51. The highest BCUT2D eigenvalue weighted by molar-refractivity contribution is 5.88. The molecule has 5 heteroatoms. The number of nitrogens with zero attached hydrogens (tertiary/aromatic N) is 1. The standard InChI is InChI=1S/C27H38N2O3/c1-7-20(3)28-26(31)24(8-2)29(18-21-12-10-9-11-13-21)25(30)19-32-23-16-14-22(15-17-23)27(4,5)6/h9-17,20,24H,7-8,18-19H2,1-6H3,(H,28,31)/t20-,24+/m1/s1. The van der Waals surface area contributed by atoms with Crippen molar-refractivity contribution < 1.29 is 14.3 Å². The monoisotopic (exact) mass is 438 g/mol. The average Bonchev–Trinajstić information content (AvgIpc) is 2.77. The van der Waals surface area contributed by atoms with E-state index in [0.29, 0.717) is 18.7 Å². The second-order valence-corrected chi connectivity index (χ2v) is 9.31. The number of amides is 2. The minimum Gasteiger partial charge on any atom is -0.484 e. The Morgan fingerprint density at radius 2 is 1.59 bits per heavy atom. The highest BCUT2D eigenvalue weighted by Gasteiger charge is 2.29. The van der Waals surface area contributed by atoms with Gasteiger partial charge < -0.3 is 15.0 Å². The summed E-state index contributed by atoms with van der Waals surface area (Å²) in [6.07, 6.45) is 1.36. The normalized spacial score (nSPS) is 13.2. The van der Waals surface area contributed by atoms with Crippen LogP contribution in [0.4, 0.5) is 0 Å². The molecule has 0 unspecified atom stereocenters. The van der Waals surface area contributed by atoms with Gasteiger partial charge in [0.25, 0.3) is 5.91 Å². The molecule has 2 aromatic rings. The Morgan fingerprint density at radius 3 is 2.12 bits per heavy atom. The van der Waals surface area contributed by atoms with E-state index in [9.17, 15) is 9.59 Å². The molecule has 0 aliphatic rings. The van der Waals surface area contributed by atoms with Crippen LogP contribution >= 0.6 is 0 Å². The van der Waals surface area contributed by atoms with Crippen LogP contribution in [0.25, 0.3) is 0 Å². The van der Waals surface area contributed by atoms with Crippen LogP contribution in [0, 0.1) is 0 Å². The number of nitrogens with one attached hydrogen (secondary N) is 1.